The molecule has 0 radical (unpaired) electrons. The maximum Gasteiger partial charge on any atom is 0.161 e. The van der Waals surface area contributed by atoms with Gasteiger partial charge in [0.05, 0.1) is 7.11 Å². The van der Waals surface area contributed by atoms with Gasteiger partial charge in [-0.2, -0.15) is 0 Å². The van der Waals surface area contributed by atoms with Gasteiger partial charge in [-0.05, 0) is 60.0 Å². The molecule has 0 amide bonds. The minimum Gasteiger partial charge on any atom is -0.493 e. The molecule has 0 aromatic heterocycles. The number of ether oxygens (including phenoxy) is 2. The lowest BCUT2D eigenvalue weighted by Gasteiger charge is -2.13. The summed E-state index contributed by atoms with van der Waals surface area (Å²) >= 11 is 5.90. The van der Waals surface area contributed by atoms with Crippen LogP contribution in [0.4, 0.5) is 4.39 Å². The fourth-order valence-corrected chi connectivity index (χ4v) is 2.97. The van der Waals surface area contributed by atoms with Crippen molar-refractivity contribution < 1.29 is 13.9 Å². The Hall–Kier alpha value is -2.56. The summed E-state index contributed by atoms with van der Waals surface area (Å²) in [4.78, 5) is 0. The smallest absolute Gasteiger partial charge is 0.161 e. The Morgan fingerprint density at radius 2 is 1.68 bits per heavy atom. The summed E-state index contributed by atoms with van der Waals surface area (Å²) in [6.07, 6.45) is 0.645. The lowest BCUT2D eigenvalue weighted by atomic mass is 10.1. The highest BCUT2D eigenvalue weighted by Crippen LogP contribution is 2.29. The number of halogens is 2. The lowest BCUT2D eigenvalue weighted by Crippen LogP contribution is -2.17. The average Bonchev–Trinajstić information content (AvgIpc) is 2.72. The third-order valence-corrected chi connectivity index (χ3v) is 4.65. The van der Waals surface area contributed by atoms with Crippen LogP contribution in [0.15, 0.2) is 66.7 Å². The van der Waals surface area contributed by atoms with Crippen molar-refractivity contribution in [2.24, 2.45) is 0 Å². The third kappa shape index (κ3) is 5.72. The number of methoxy groups -OCH3 is 1. The molecule has 0 saturated carbocycles. The highest BCUT2D eigenvalue weighted by molar-refractivity contribution is 6.30. The van der Waals surface area contributed by atoms with Crippen molar-refractivity contribution in [2.75, 3.05) is 13.7 Å². The van der Waals surface area contributed by atoms with Crippen LogP contribution in [0.5, 0.6) is 11.5 Å². The molecule has 28 heavy (non-hydrogen) atoms. The second-order valence-electron chi connectivity index (χ2n) is 6.42. The van der Waals surface area contributed by atoms with Gasteiger partial charge in [0.25, 0.3) is 0 Å². The summed E-state index contributed by atoms with van der Waals surface area (Å²) in [5, 5.41) is 4.04. The van der Waals surface area contributed by atoms with Crippen LogP contribution in [0.3, 0.4) is 0 Å². The van der Waals surface area contributed by atoms with Crippen LogP contribution in [0.25, 0.3) is 0 Å². The minimum absolute atomic E-state index is 0.159. The summed E-state index contributed by atoms with van der Waals surface area (Å²) in [6, 6.07) is 20.3. The van der Waals surface area contributed by atoms with Gasteiger partial charge in [-0.15, -0.1) is 0 Å². The fraction of sp³-hybridized carbons (Fsp3) is 0.217. The number of benzene rings is 3. The van der Waals surface area contributed by atoms with Gasteiger partial charge in [-0.3, -0.25) is 0 Å². The van der Waals surface area contributed by atoms with E-state index in [1.54, 1.807) is 13.2 Å². The Kier molecular flexibility index (Phi) is 7.29. The molecule has 0 aliphatic carbocycles. The zero-order valence-electron chi connectivity index (χ0n) is 15.8. The predicted octanol–water partition coefficient (Wildman–Crippen LogP) is 5.40. The van der Waals surface area contributed by atoms with Crippen LogP contribution >= 0.6 is 11.6 Å². The second-order valence-corrected chi connectivity index (χ2v) is 6.85. The highest BCUT2D eigenvalue weighted by atomic mass is 35.5. The maximum absolute atomic E-state index is 13.6. The van der Waals surface area contributed by atoms with Crippen LogP contribution in [0.1, 0.15) is 16.7 Å². The molecule has 1 N–H and O–H groups in total. The van der Waals surface area contributed by atoms with Gasteiger partial charge >= 0.3 is 0 Å². The summed E-state index contributed by atoms with van der Waals surface area (Å²) in [5.41, 5.74) is 2.83. The van der Waals surface area contributed by atoms with E-state index in [9.17, 15) is 4.39 Å². The van der Waals surface area contributed by atoms with Gasteiger partial charge in [-0.25, -0.2) is 4.39 Å². The number of hydrogen-bond acceptors (Lipinski definition) is 3. The zero-order chi connectivity index (χ0) is 19.8. The van der Waals surface area contributed by atoms with Crippen molar-refractivity contribution in [3.63, 3.8) is 0 Å². The molecule has 146 valence electrons. The van der Waals surface area contributed by atoms with Crippen molar-refractivity contribution in [3.05, 3.63) is 94.3 Å². The summed E-state index contributed by atoms with van der Waals surface area (Å²) < 4.78 is 25.0. The first kappa shape index (κ1) is 20.2. The van der Waals surface area contributed by atoms with E-state index in [2.05, 4.69) is 5.32 Å². The standard InChI is InChI=1S/C23H23ClFNO2/c1-27-23-14-18(15-26-13-12-19-4-2-3-5-21(19)25)8-11-22(23)28-16-17-6-9-20(24)10-7-17/h2-11,14,26H,12-13,15-16H2,1H3. The van der Waals surface area contributed by atoms with Gasteiger partial charge in [0, 0.05) is 11.6 Å². The number of nitrogens with one attached hydrogen (secondary N) is 1. The molecule has 0 unspecified atom stereocenters. The largest absolute Gasteiger partial charge is 0.493 e. The Balaban J connectivity index is 1.52. The van der Waals surface area contributed by atoms with Crippen molar-refractivity contribution >= 4 is 11.6 Å². The second kappa shape index (κ2) is 10.1. The topological polar surface area (TPSA) is 30.5 Å². The lowest BCUT2D eigenvalue weighted by molar-refractivity contribution is 0.284. The molecule has 0 bridgehead atoms. The van der Waals surface area contributed by atoms with Crippen LogP contribution in [0.2, 0.25) is 5.02 Å². The zero-order valence-corrected chi connectivity index (χ0v) is 16.5. The Labute approximate surface area is 170 Å². The molecular weight excluding hydrogens is 377 g/mol. The summed E-state index contributed by atoms with van der Waals surface area (Å²) in [6.45, 7) is 1.80. The molecular formula is C23H23ClFNO2. The molecule has 0 saturated heterocycles. The van der Waals surface area contributed by atoms with Gasteiger partial charge in [-0.1, -0.05) is 48.0 Å². The third-order valence-electron chi connectivity index (χ3n) is 4.39. The van der Waals surface area contributed by atoms with Crippen molar-refractivity contribution in [2.45, 2.75) is 19.6 Å². The Morgan fingerprint density at radius 3 is 2.43 bits per heavy atom. The number of hydrogen-bond donors (Lipinski definition) is 1. The average molecular weight is 400 g/mol. The molecule has 5 heteroatoms. The van der Waals surface area contributed by atoms with E-state index in [0.29, 0.717) is 42.6 Å². The van der Waals surface area contributed by atoms with E-state index in [1.807, 2.05) is 54.6 Å². The molecule has 3 rings (SSSR count). The van der Waals surface area contributed by atoms with E-state index in [4.69, 9.17) is 21.1 Å². The Morgan fingerprint density at radius 1 is 0.929 bits per heavy atom. The molecule has 3 aromatic carbocycles. The Bertz CT molecular complexity index is 899. The van der Waals surface area contributed by atoms with Crippen molar-refractivity contribution in [3.8, 4) is 11.5 Å². The van der Waals surface area contributed by atoms with E-state index in [1.165, 1.54) is 6.07 Å². The molecule has 0 heterocycles. The number of rotatable bonds is 9. The molecule has 0 aliphatic heterocycles. The quantitative estimate of drug-likeness (QED) is 0.489. The van der Waals surface area contributed by atoms with Crippen LogP contribution < -0.4 is 14.8 Å². The molecule has 0 fully saturated rings. The first-order valence-electron chi connectivity index (χ1n) is 9.14. The first-order valence-corrected chi connectivity index (χ1v) is 9.52. The SMILES string of the molecule is COc1cc(CNCCc2ccccc2F)ccc1OCc1ccc(Cl)cc1. The predicted molar refractivity (Wildman–Crippen MR) is 111 cm³/mol. The van der Waals surface area contributed by atoms with E-state index < -0.39 is 0 Å². The maximum atomic E-state index is 13.6. The van der Waals surface area contributed by atoms with Crippen LogP contribution in [-0.4, -0.2) is 13.7 Å². The monoisotopic (exact) mass is 399 g/mol. The molecule has 0 spiro atoms. The fourth-order valence-electron chi connectivity index (χ4n) is 2.84. The van der Waals surface area contributed by atoms with Crippen LogP contribution in [-0.2, 0) is 19.6 Å². The van der Waals surface area contributed by atoms with Crippen LogP contribution in [0, 0.1) is 5.82 Å². The summed E-state index contributed by atoms with van der Waals surface area (Å²) in [5.74, 6) is 1.21. The van der Waals surface area contributed by atoms with Crippen molar-refractivity contribution in [1.29, 1.82) is 0 Å². The van der Waals surface area contributed by atoms with E-state index in [0.717, 1.165) is 16.7 Å². The molecule has 0 aliphatic rings. The van der Waals surface area contributed by atoms with Gasteiger partial charge in [0.1, 0.15) is 12.4 Å². The minimum atomic E-state index is -0.159. The summed E-state index contributed by atoms with van der Waals surface area (Å²) in [7, 11) is 1.62. The van der Waals surface area contributed by atoms with E-state index >= 15 is 0 Å². The molecule has 0 atom stereocenters. The normalized spacial score (nSPS) is 10.7. The van der Waals surface area contributed by atoms with Gasteiger partial charge in [0.2, 0.25) is 0 Å². The van der Waals surface area contributed by atoms with E-state index in [-0.39, 0.29) is 5.82 Å². The first-order chi connectivity index (χ1) is 13.7. The van der Waals surface area contributed by atoms with Gasteiger partial charge in [0.15, 0.2) is 11.5 Å². The molecule has 3 aromatic rings. The van der Waals surface area contributed by atoms with Gasteiger partial charge < -0.3 is 14.8 Å². The molecule has 3 nitrogen and oxygen atoms in total. The highest BCUT2D eigenvalue weighted by Gasteiger charge is 2.07. The van der Waals surface area contributed by atoms with Crippen molar-refractivity contribution in [1.82, 2.24) is 5.32 Å².